The fourth-order valence-electron chi connectivity index (χ4n) is 0.504. The van der Waals surface area contributed by atoms with Gasteiger partial charge in [0.05, 0.1) is 13.2 Å². The van der Waals surface area contributed by atoms with E-state index < -0.39 is 12.1 Å². The van der Waals surface area contributed by atoms with Gasteiger partial charge in [0.1, 0.15) is 0 Å². The molecule has 0 aromatic heterocycles. The summed E-state index contributed by atoms with van der Waals surface area (Å²) in [5, 5.41) is 0. The van der Waals surface area contributed by atoms with Crippen molar-refractivity contribution in [2.45, 2.75) is 26.4 Å². The third-order valence-electron chi connectivity index (χ3n) is 1.00. The van der Waals surface area contributed by atoms with Crippen LogP contribution in [0.15, 0.2) is 0 Å². The van der Waals surface area contributed by atoms with Gasteiger partial charge in [-0.05, 0) is 13.3 Å². The molecular weight excluding hydrogens is 170 g/mol. The lowest BCUT2D eigenvalue weighted by Gasteiger charge is -2.13. The van der Waals surface area contributed by atoms with E-state index in [1.165, 1.54) is 6.92 Å². The van der Waals surface area contributed by atoms with Crippen molar-refractivity contribution in [1.82, 2.24) is 0 Å². The third-order valence-corrected chi connectivity index (χ3v) is 1.00. The summed E-state index contributed by atoms with van der Waals surface area (Å²) in [5.41, 5.74) is 0. The SMILES string of the molecule is CCCOC(F)(F)C(=O)OCC. The molecule has 3 nitrogen and oxygen atoms in total. The second-order valence-electron chi connectivity index (χ2n) is 2.09. The first-order valence-electron chi connectivity index (χ1n) is 3.73. The van der Waals surface area contributed by atoms with Crippen molar-refractivity contribution < 1.29 is 23.0 Å². The smallest absolute Gasteiger partial charge is 0.456 e. The molecule has 0 N–H and O–H groups in total. The van der Waals surface area contributed by atoms with Crippen LogP contribution in [0.2, 0.25) is 0 Å². The van der Waals surface area contributed by atoms with E-state index in [2.05, 4.69) is 9.47 Å². The summed E-state index contributed by atoms with van der Waals surface area (Å²) in [6.45, 7) is 2.88. The molecule has 0 rings (SSSR count). The predicted octanol–water partition coefficient (Wildman–Crippen LogP) is 1.57. The van der Waals surface area contributed by atoms with Crippen LogP contribution in [0.25, 0.3) is 0 Å². The van der Waals surface area contributed by atoms with Gasteiger partial charge in [-0.2, -0.15) is 8.78 Å². The van der Waals surface area contributed by atoms with Crippen LogP contribution in [0.4, 0.5) is 8.78 Å². The average molecular weight is 182 g/mol. The molecule has 0 aliphatic carbocycles. The summed E-state index contributed by atoms with van der Waals surface area (Å²) in [4.78, 5) is 10.5. The Balaban J connectivity index is 3.90. The molecule has 0 amide bonds. The molecule has 0 aromatic rings. The minimum atomic E-state index is -3.80. The lowest BCUT2D eigenvalue weighted by Crippen LogP contribution is -2.34. The number of ether oxygens (including phenoxy) is 2. The number of esters is 1. The van der Waals surface area contributed by atoms with Gasteiger partial charge in [0.25, 0.3) is 0 Å². The molecule has 0 saturated carbocycles. The molecule has 0 aliphatic heterocycles. The van der Waals surface area contributed by atoms with Gasteiger partial charge in [0.2, 0.25) is 0 Å². The summed E-state index contributed by atoms with van der Waals surface area (Å²) >= 11 is 0. The number of carbonyl (C=O) groups is 1. The van der Waals surface area contributed by atoms with Crippen molar-refractivity contribution in [3.8, 4) is 0 Å². The molecule has 0 spiro atoms. The zero-order valence-electron chi connectivity index (χ0n) is 7.10. The Morgan fingerprint density at radius 3 is 2.42 bits per heavy atom. The first-order valence-corrected chi connectivity index (χ1v) is 3.73. The Kier molecular flexibility index (Phi) is 4.73. The van der Waals surface area contributed by atoms with Crippen LogP contribution < -0.4 is 0 Å². The van der Waals surface area contributed by atoms with Crippen LogP contribution in [-0.4, -0.2) is 25.3 Å². The number of halogens is 2. The van der Waals surface area contributed by atoms with E-state index in [0.717, 1.165) is 0 Å². The lowest BCUT2D eigenvalue weighted by atomic mass is 10.5. The van der Waals surface area contributed by atoms with Crippen molar-refractivity contribution in [2.24, 2.45) is 0 Å². The summed E-state index contributed by atoms with van der Waals surface area (Å²) in [6, 6.07) is 0. The number of alkyl halides is 2. The molecule has 0 aromatic carbocycles. The summed E-state index contributed by atoms with van der Waals surface area (Å²) in [5.74, 6) is -1.63. The van der Waals surface area contributed by atoms with E-state index in [9.17, 15) is 13.6 Å². The fraction of sp³-hybridized carbons (Fsp3) is 0.857. The Morgan fingerprint density at radius 1 is 1.42 bits per heavy atom. The molecule has 0 aliphatic rings. The van der Waals surface area contributed by atoms with Crippen LogP contribution in [0.5, 0.6) is 0 Å². The van der Waals surface area contributed by atoms with E-state index in [1.807, 2.05) is 0 Å². The van der Waals surface area contributed by atoms with E-state index in [0.29, 0.717) is 6.42 Å². The van der Waals surface area contributed by atoms with Gasteiger partial charge in [-0.25, -0.2) is 4.79 Å². The zero-order chi connectivity index (χ0) is 9.61. The van der Waals surface area contributed by atoms with Gasteiger partial charge in [0, 0.05) is 0 Å². The maximum Gasteiger partial charge on any atom is 0.456 e. The van der Waals surface area contributed by atoms with Gasteiger partial charge < -0.3 is 9.47 Å². The van der Waals surface area contributed by atoms with Crippen LogP contribution in [0.3, 0.4) is 0 Å². The molecular formula is C7H12F2O3. The highest BCUT2D eigenvalue weighted by Gasteiger charge is 2.41. The summed E-state index contributed by atoms with van der Waals surface area (Å²) < 4.78 is 33.1. The lowest BCUT2D eigenvalue weighted by molar-refractivity contribution is -0.249. The van der Waals surface area contributed by atoms with Crippen molar-refractivity contribution in [2.75, 3.05) is 13.2 Å². The van der Waals surface area contributed by atoms with E-state index in [1.54, 1.807) is 6.92 Å². The monoisotopic (exact) mass is 182 g/mol. The zero-order valence-corrected chi connectivity index (χ0v) is 7.10. The van der Waals surface area contributed by atoms with Gasteiger partial charge in [0.15, 0.2) is 0 Å². The van der Waals surface area contributed by atoms with Gasteiger partial charge in [-0.1, -0.05) is 6.92 Å². The highest BCUT2D eigenvalue weighted by Crippen LogP contribution is 2.17. The molecule has 0 bridgehead atoms. The van der Waals surface area contributed by atoms with Gasteiger partial charge in [-0.15, -0.1) is 0 Å². The number of hydrogen-bond donors (Lipinski definition) is 0. The first kappa shape index (κ1) is 11.3. The molecule has 0 radical (unpaired) electrons. The molecule has 12 heavy (non-hydrogen) atoms. The van der Waals surface area contributed by atoms with E-state index in [-0.39, 0.29) is 13.2 Å². The minimum absolute atomic E-state index is 0.0795. The molecule has 0 heterocycles. The molecule has 5 heteroatoms. The fourth-order valence-corrected chi connectivity index (χ4v) is 0.504. The number of hydrogen-bond acceptors (Lipinski definition) is 3. The van der Waals surface area contributed by atoms with E-state index >= 15 is 0 Å². The van der Waals surface area contributed by atoms with Crippen molar-refractivity contribution >= 4 is 5.97 Å². The molecule has 0 unspecified atom stereocenters. The number of rotatable bonds is 5. The van der Waals surface area contributed by atoms with Crippen molar-refractivity contribution in [3.05, 3.63) is 0 Å². The Labute approximate surface area is 69.6 Å². The molecule has 0 atom stereocenters. The Hall–Kier alpha value is -0.710. The summed E-state index contributed by atoms with van der Waals surface area (Å²) in [7, 11) is 0. The second-order valence-corrected chi connectivity index (χ2v) is 2.09. The molecule has 0 fully saturated rings. The maximum atomic E-state index is 12.5. The van der Waals surface area contributed by atoms with Crippen LogP contribution in [0.1, 0.15) is 20.3 Å². The minimum Gasteiger partial charge on any atom is -0.460 e. The average Bonchev–Trinajstić information content (AvgIpc) is 2.01. The second kappa shape index (κ2) is 5.03. The van der Waals surface area contributed by atoms with Crippen molar-refractivity contribution in [3.63, 3.8) is 0 Å². The summed E-state index contributed by atoms with van der Waals surface area (Å²) in [6.07, 6.45) is -3.37. The maximum absolute atomic E-state index is 12.5. The normalized spacial score (nSPS) is 11.3. The predicted molar refractivity (Wildman–Crippen MR) is 37.8 cm³/mol. The largest absolute Gasteiger partial charge is 0.460 e. The Morgan fingerprint density at radius 2 is 2.00 bits per heavy atom. The number of carbonyl (C=O) groups excluding carboxylic acids is 1. The third kappa shape index (κ3) is 3.61. The molecule has 0 saturated heterocycles. The van der Waals surface area contributed by atoms with E-state index in [4.69, 9.17) is 0 Å². The highest BCUT2D eigenvalue weighted by atomic mass is 19.3. The van der Waals surface area contributed by atoms with Crippen LogP contribution in [0, 0.1) is 0 Å². The molecule has 72 valence electrons. The van der Waals surface area contributed by atoms with Crippen molar-refractivity contribution in [1.29, 1.82) is 0 Å². The standard InChI is InChI=1S/C7H12F2O3/c1-3-5-12-7(8,9)6(10)11-4-2/h3-5H2,1-2H3. The Bertz CT molecular complexity index is 148. The first-order chi connectivity index (χ1) is 5.54. The van der Waals surface area contributed by atoms with Crippen LogP contribution in [-0.2, 0) is 14.3 Å². The topological polar surface area (TPSA) is 35.5 Å². The van der Waals surface area contributed by atoms with Crippen LogP contribution >= 0.6 is 0 Å². The quantitative estimate of drug-likeness (QED) is 0.605. The highest BCUT2D eigenvalue weighted by molar-refractivity contribution is 5.75. The van der Waals surface area contributed by atoms with Gasteiger partial charge in [-0.3, -0.25) is 0 Å². The van der Waals surface area contributed by atoms with Gasteiger partial charge >= 0.3 is 12.1 Å².